The molecule has 0 aliphatic heterocycles. The highest BCUT2D eigenvalue weighted by Gasteiger charge is 2.21. The number of benzene rings is 1. The van der Waals surface area contributed by atoms with Crippen molar-refractivity contribution >= 4 is 6.29 Å². The van der Waals surface area contributed by atoms with Crippen molar-refractivity contribution in [2.24, 2.45) is 0 Å². The highest BCUT2D eigenvalue weighted by atomic mass is 19.1. The number of aliphatic hydroxyl groups excluding tert-OH is 2. The predicted molar refractivity (Wildman–Crippen MR) is 63.0 cm³/mol. The highest BCUT2D eigenvalue weighted by molar-refractivity contribution is 5.79. The monoisotopic (exact) mass is 257 g/mol. The molecule has 0 radical (unpaired) electrons. The van der Waals surface area contributed by atoms with Crippen LogP contribution in [0.5, 0.6) is 5.75 Å². The Kier molecular flexibility index (Phi) is 5.21. The van der Waals surface area contributed by atoms with Crippen LogP contribution in [0.3, 0.4) is 0 Å². The second-order valence-corrected chi connectivity index (χ2v) is 3.96. The van der Waals surface area contributed by atoms with E-state index in [0.29, 0.717) is 6.54 Å². The van der Waals surface area contributed by atoms with Gasteiger partial charge in [-0.2, -0.15) is 0 Å². The van der Waals surface area contributed by atoms with Crippen molar-refractivity contribution in [3.63, 3.8) is 0 Å². The van der Waals surface area contributed by atoms with E-state index in [0.717, 1.165) is 12.1 Å². The molecule has 0 aliphatic carbocycles. The van der Waals surface area contributed by atoms with E-state index >= 15 is 0 Å². The summed E-state index contributed by atoms with van der Waals surface area (Å²) < 4.78 is 13.3. The van der Waals surface area contributed by atoms with Gasteiger partial charge in [0.2, 0.25) is 0 Å². The lowest BCUT2D eigenvalue weighted by Gasteiger charge is -2.18. The van der Waals surface area contributed by atoms with Gasteiger partial charge >= 0.3 is 0 Å². The van der Waals surface area contributed by atoms with Crippen LogP contribution in [-0.4, -0.2) is 41.3 Å². The van der Waals surface area contributed by atoms with Gasteiger partial charge in [0, 0.05) is 0 Å². The number of aliphatic hydroxyl groups is 2. The molecule has 1 rings (SSSR count). The third-order valence-electron chi connectivity index (χ3n) is 2.64. The molecule has 0 saturated carbocycles. The first-order chi connectivity index (χ1) is 8.51. The van der Waals surface area contributed by atoms with Crippen molar-refractivity contribution in [1.82, 2.24) is 5.32 Å². The van der Waals surface area contributed by atoms with Gasteiger partial charge in [0.05, 0.1) is 11.7 Å². The lowest BCUT2D eigenvalue weighted by atomic mass is 9.99. The maximum Gasteiger partial charge on any atom is 0.165 e. The van der Waals surface area contributed by atoms with Gasteiger partial charge in [-0.1, -0.05) is 0 Å². The summed E-state index contributed by atoms with van der Waals surface area (Å²) in [6.45, 7) is 0.485. The second kappa shape index (κ2) is 6.44. The van der Waals surface area contributed by atoms with Gasteiger partial charge in [0.25, 0.3) is 0 Å². The summed E-state index contributed by atoms with van der Waals surface area (Å²) in [6.07, 6.45) is -1.83. The maximum atomic E-state index is 13.3. The Labute approximate surface area is 104 Å². The number of nitrogens with one attached hydrogen (secondary N) is 1. The third-order valence-corrected chi connectivity index (χ3v) is 2.64. The second-order valence-electron chi connectivity index (χ2n) is 3.96. The molecule has 2 unspecified atom stereocenters. The lowest BCUT2D eigenvalue weighted by molar-refractivity contribution is 0.0138. The number of hydrogen-bond acceptors (Lipinski definition) is 5. The Balaban J connectivity index is 2.95. The smallest absolute Gasteiger partial charge is 0.165 e. The standard InChI is InChI=1S/C12H16FNO4/c1-14-3-2-10(16)12(18)7-4-8(6-15)11(17)9(13)5-7/h4-6,10,12,14,16-18H,2-3H2,1H3. The molecule has 1 aromatic carbocycles. The SMILES string of the molecule is CNCCC(O)C(O)c1cc(F)c(O)c(C=O)c1. The van der Waals surface area contributed by atoms with Gasteiger partial charge in [-0.25, -0.2) is 4.39 Å². The molecule has 0 aliphatic rings. The Morgan fingerprint density at radius 2 is 2.11 bits per heavy atom. The van der Waals surface area contributed by atoms with Crippen molar-refractivity contribution in [2.75, 3.05) is 13.6 Å². The van der Waals surface area contributed by atoms with Crippen LogP contribution in [0.2, 0.25) is 0 Å². The molecule has 18 heavy (non-hydrogen) atoms. The Hall–Kier alpha value is -1.50. The number of aromatic hydroxyl groups is 1. The first kappa shape index (κ1) is 14.6. The van der Waals surface area contributed by atoms with E-state index in [2.05, 4.69) is 5.32 Å². The number of phenolic OH excluding ortho intramolecular Hbond substituents is 1. The molecule has 0 aromatic heterocycles. The van der Waals surface area contributed by atoms with Crippen LogP contribution in [0, 0.1) is 5.82 Å². The van der Waals surface area contributed by atoms with E-state index in [4.69, 9.17) is 0 Å². The minimum atomic E-state index is -1.31. The molecular formula is C12H16FNO4. The molecule has 2 atom stereocenters. The normalized spacial score (nSPS) is 14.2. The minimum absolute atomic E-state index is 0.0519. The maximum absolute atomic E-state index is 13.3. The topological polar surface area (TPSA) is 89.8 Å². The summed E-state index contributed by atoms with van der Waals surface area (Å²) in [4.78, 5) is 10.6. The summed E-state index contributed by atoms with van der Waals surface area (Å²) in [7, 11) is 1.70. The quantitative estimate of drug-likeness (QED) is 0.552. The van der Waals surface area contributed by atoms with Gasteiger partial charge in [0.15, 0.2) is 17.9 Å². The average molecular weight is 257 g/mol. The van der Waals surface area contributed by atoms with E-state index in [1.54, 1.807) is 7.05 Å². The van der Waals surface area contributed by atoms with Gasteiger partial charge in [0.1, 0.15) is 6.10 Å². The van der Waals surface area contributed by atoms with E-state index < -0.39 is 23.8 Å². The van der Waals surface area contributed by atoms with Crippen LogP contribution >= 0.6 is 0 Å². The van der Waals surface area contributed by atoms with Gasteiger partial charge < -0.3 is 20.6 Å². The molecule has 0 bridgehead atoms. The fourth-order valence-corrected chi connectivity index (χ4v) is 1.57. The number of hydrogen-bond donors (Lipinski definition) is 4. The van der Waals surface area contributed by atoms with Crippen molar-refractivity contribution in [3.8, 4) is 5.75 Å². The zero-order valence-electron chi connectivity index (χ0n) is 9.93. The molecule has 0 amide bonds. The highest BCUT2D eigenvalue weighted by Crippen LogP contribution is 2.27. The van der Waals surface area contributed by atoms with Gasteiger partial charge in [-0.05, 0) is 37.7 Å². The summed E-state index contributed by atoms with van der Waals surface area (Å²) >= 11 is 0. The molecule has 4 N–H and O–H groups in total. The Morgan fingerprint density at radius 3 is 2.67 bits per heavy atom. The summed E-state index contributed by atoms with van der Waals surface area (Å²) in [6, 6.07) is 2.05. The molecule has 100 valence electrons. The van der Waals surface area contributed by atoms with Crippen molar-refractivity contribution in [3.05, 3.63) is 29.1 Å². The molecule has 1 aromatic rings. The number of rotatable bonds is 6. The van der Waals surface area contributed by atoms with Gasteiger partial charge in [-0.3, -0.25) is 4.79 Å². The predicted octanol–water partition coefficient (Wildman–Crippen LogP) is 0.348. The molecule has 0 fully saturated rings. The third kappa shape index (κ3) is 3.25. The largest absolute Gasteiger partial charge is 0.504 e. The molecule has 5 nitrogen and oxygen atoms in total. The van der Waals surface area contributed by atoms with Crippen LogP contribution in [0.4, 0.5) is 4.39 Å². The van der Waals surface area contributed by atoms with Crippen molar-refractivity contribution in [2.45, 2.75) is 18.6 Å². The number of carbonyl (C=O) groups is 1. The Bertz CT molecular complexity index is 425. The van der Waals surface area contributed by atoms with Crippen LogP contribution < -0.4 is 5.32 Å². The van der Waals surface area contributed by atoms with Crippen LogP contribution in [0.15, 0.2) is 12.1 Å². The zero-order valence-corrected chi connectivity index (χ0v) is 9.93. The number of halogens is 1. The number of carbonyl (C=O) groups excluding carboxylic acids is 1. The average Bonchev–Trinajstić information content (AvgIpc) is 2.38. The number of phenols is 1. The summed E-state index contributed by atoms with van der Waals surface area (Å²) in [5, 5.41) is 31.5. The van der Waals surface area contributed by atoms with Crippen LogP contribution in [0.1, 0.15) is 28.4 Å². The fourth-order valence-electron chi connectivity index (χ4n) is 1.57. The fraction of sp³-hybridized carbons (Fsp3) is 0.417. The van der Waals surface area contributed by atoms with Crippen LogP contribution in [0.25, 0.3) is 0 Å². The van der Waals surface area contributed by atoms with E-state index in [9.17, 15) is 24.5 Å². The van der Waals surface area contributed by atoms with Crippen molar-refractivity contribution in [1.29, 1.82) is 0 Å². The summed E-state index contributed by atoms with van der Waals surface area (Å²) in [5.41, 5.74) is -0.208. The molecular weight excluding hydrogens is 241 g/mol. The minimum Gasteiger partial charge on any atom is -0.504 e. The van der Waals surface area contributed by atoms with Crippen molar-refractivity contribution < 1.29 is 24.5 Å². The first-order valence-electron chi connectivity index (χ1n) is 5.49. The zero-order chi connectivity index (χ0) is 13.7. The van der Waals surface area contributed by atoms with E-state index in [1.165, 1.54) is 0 Å². The lowest BCUT2D eigenvalue weighted by Crippen LogP contribution is -2.23. The molecule has 0 saturated heterocycles. The molecule has 6 heteroatoms. The van der Waals surface area contributed by atoms with E-state index in [-0.39, 0.29) is 23.8 Å². The number of aldehydes is 1. The molecule has 0 spiro atoms. The van der Waals surface area contributed by atoms with E-state index in [1.807, 2.05) is 0 Å². The van der Waals surface area contributed by atoms with Crippen LogP contribution in [-0.2, 0) is 0 Å². The molecule has 0 heterocycles. The first-order valence-corrected chi connectivity index (χ1v) is 5.49. The summed E-state index contributed by atoms with van der Waals surface area (Å²) in [5.74, 6) is -1.76. The Morgan fingerprint density at radius 1 is 1.44 bits per heavy atom. The van der Waals surface area contributed by atoms with Gasteiger partial charge in [-0.15, -0.1) is 0 Å².